The third-order valence-corrected chi connectivity index (χ3v) is 3.92. The SMILES string of the molecule is CCCc1cccc(C(NCC)c2cccc(F)c2Cl)c1. The lowest BCUT2D eigenvalue weighted by molar-refractivity contribution is 0.603. The van der Waals surface area contributed by atoms with Gasteiger partial charge in [0.25, 0.3) is 0 Å². The van der Waals surface area contributed by atoms with E-state index in [0.717, 1.165) is 30.5 Å². The van der Waals surface area contributed by atoms with Crippen LogP contribution in [-0.2, 0) is 6.42 Å². The Hall–Kier alpha value is -1.38. The molecule has 0 saturated heterocycles. The van der Waals surface area contributed by atoms with Gasteiger partial charge in [-0.2, -0.15) is 0 Å². The normalized spacial score (nSPS) is 12.4. The third kappa shape index (κ3) is 3.84. The van der Waals surface area contributed by atoms with Crippen LogP contribution in [0.2, 0.25) is 5.02 Å². The molecule has 21 heavy (non-hydrogen) atoms. The second-order valence-electron chi connectivity index (χ2n) is 5.13. The Bertz CT molecular complexity index is 598. The molecule has 1 atom stereocenters. The zero-order valence-corrected chi connectivity index (χ0v) is 13.3. The van der Waals surface area contributed by atoms with E-state index in [1.54, 1.807) is 6.07 Å². The smallest absolute Gasteiger partial charge is 0.142 e. The van der Waals surface area contributed by atoms with E-state index < -0.39 is 0 Å². The first kappa shape index (κ1) is 16.0. The number of aryl methyl sites for hydroxylation is 1. The van der Waals surface area contributed by atoms with Crippen molar-refractivity contribution in [2.75, 3.05) is 6.54 Å². The molecule has 0 heterocycles. The third-order valence-electron chi connectivity index (χ3n) is 3.52. The maximum atomic E-state index is 13.7. The summed E-state index contributed by atoms with van der Waals surface area (Å²) < 4.78 is 13.7. The average molecular weight is 306 g/mol. The van der Waals surface area contributed by atoms with Crippen LogP contribution in [0.15, 0.2) is 42.5 Å². The lowest BCUT2D eigenvalue weighted by Gasteiger charge is -2.21. The summed E-state index contributed by atoms with van der Waals surface area (Å²) in [5, 5.41) is 3.60. The molecule has 0 fully saturated rings. The number of rotatable bonds is 6. The molecule has 0 radical (unpaired) electrons. The summed E-state index contributed by atoms with van der Waals surface area (Å²) in [6, 6.07) is 13.3. The molecule has 2 aromatic rings. The van der Waals surface area contributed by atoms with Gasteiger partial charge in [-0.25, -0.2) is 4.39 Å². The molecule has 0 saturated carbocycles. The summed E-state index contributed by atoms with van der Waals surface area (Å²) in [5.41, 5.74) is 3.20. The van der Waals surface area contributed by atoms with Gasteiger partial charge in [0.1, 0.15) is 5.82 Å². The van der Waals surface area contributed by atoms with E-state index in [1.807, 2.05) is 13.0 Å². The van der Waals surface area contributed by atoms with Crippen LogP contribution in [0.1, 0.15) is 43.0 Å². The van der Waals surface area contributed by atoms with Crippen LogP contribution >= 0.6 is 11.6 Å². The molecule has 2 aromatic carbocycles. The Balaban J connectivity index is 2.43. The van der Waals surface area contributed by atoms with Crippen molar-refractivity contribution < 1.29 is 4.39 Å². The second kappa shape index (κ2) is 7.58. The van der Waals surface area contributed by atoms with Crippen molar-refractivity contribution in [1.82, 2.24) is 5.32 Å². The fraction of sp³-hybridized carbons (Fsp3) is 0.333. The first-order chi connectivity index (χ1) is 10.2. The van der Waals surface area contributed by atoms with E-state index in [-0.39, 0.29) is 16.9 Å². The predicted octanol–water partition coefficient (Wildman–Crippen LogP) is 5.13. The highest BCUT2D eigenvalue weighted by Crippen LogP contribution is 2.30. The summed E-state index contributed by atoms with van der Waals surface area (Å²) in [4.78, 5) is 0. The molecule has 1 nitrogen and oxygen atoms in total. The van der Waals surface area contributed by atoms with Gasteiger partial charge in [-0.05, 0) is 35.7 Å². The fourth-order valence-electron chi connectivity index (χ4n) is 2.57. The first-order valence-electron chi connectivity index (χ1n) is 7.43. The van der Waals surface area contributed by atoms with Crippen LogP contribution in [0.3, 0.4) is 0 Å². The number of nitrogens with one attached hydrogen (secondary N) is 1. The molecule has 1 unspecified atom stereocenters. The summed E-state index contributed by atoms with van der Waals surface area (Å²) in [6.07, 6.45) is 2.15. The van der Waals surface area contributed by atoms with Crippen molar-refractivity contribution in [3.05, 3.63) is 70.0 Å². The molecule has 0 bridgehead atoms. The summed E-state index contributed by atoms with van der Waals surface area (Å²) in [6.45, 7) is 4.99. The van der Waals surface area contributed by atoms with E-state index in [1.165, 1.54) is 11.6 Å². The molecule has 0 aliphatic carbocycles. The maximum Gasteiger partial charge on any atom is 0.142 e. The Morgan fingerprint density at radius 3 is 2.62 bits per heavy atom. The van der Waals surface area contributed by atoms with Crippen molar-refractivity contribution >= 4 is 11.6 Å². The Morgan fingerprint density at radius 1 is 1.14 bits per heavy atom. The molecule has 0 spiro atoms. The maximum absolute atomic E-state index is 13.7. The van der Waals surface area contributed by atoms with Crippen molar-refractivity contribution in [2.24, 2.45) is 0 Å². The summed E-state index contributed by atoms with van der Waals surface area (Å²) in [5.74, 6) is -0.373. The Morgan fingerprint density at radius 2 is 1.90 bits per heavy atom. The van der Waals surface area contributed by atoms with Gasteiger partial charge in [-0.3, -0.25) is 0 Å². The highest BCUT2D eigenvalue weighted by Gasteiger charge is 2.18. The number of hydrogen-bond donors (Lipinski definition) is 1. The van der Waals surface area contributed by atoms with Crippen molar-refractivity contribution in [2.45, 2.75) is 32.7 Å². The van der Waals surface area contributed by atoms with Crippen LogP contribution in [0.4, 0.5) is 4.39 Å². The first-order valence-corrected chi connectivity index (χ1v) is 7.81. The molecule has 0 amide bonds. The van der Waals surface area contributed by atoms with Crippen molar-refractivity contribution in [3.8, 4) is 0 Å². The highest BCUT2D eigenvalue weighted by atomic mass is 35.5. The second-order valence-corrected chi connectivity index (χ2v) is 5.51. The predicted molar refractivity (Wildman–Crippen MR) is 87.4 cm³/mol. The summed E-state index contributed by atoms with van der Waals surface area (Å²) >= 11 is 6.16. The topological polar surface area (TPSA) is 12.0 Å². The number of benzene rings is 2. The minimum Gasteiger partial charge on any atom is -0.306 e. The van der Waals surface area contributed by atoms with Crippen LogP contribution < -0.4 is 5.32 Å². The Kier molecular flexibility index (Phi) is 5.77. The molecule has 3 heteroatoms. The standard InChI is InChI=1S/C18H21ClFN/c1-3-7-13-8-5-9-14(12-13)18(21-4-2)15-10-6-11-16(20)17(15)19/h5-6,8-12,18,21H,3-4,7H2,1-2H3. The molecule has 2 rings (SSSR count). The van der Waals surface area contributed by atoms with Gasteiger partial charge in [-0.1, -0.05) is 68.3 Å². The van der Waals surface area contributed by atoms with Crippen LogP contribution in [-0.4, -0.2) is 6.54 Å². The van der Waals surface area contributed by atoms with Gasteiger partial charge in [0.15, 0.2) is 0 Å². The van der Waals surface area contributed by atoms with Crippen LogP contribution in [0, 0.1) is 5.82 Å². The molecule has 1 N–H and O–H groups in total. The van der Waals surface area contributed by atoms with E-state index in [2.05, 4.69) is 36.5 Å². The molecule has 0 aromatic heterocycles. The quantitative estimate of drug-likeness (QED) is 0.780. The lowest BCUT2D eigenvalue weighted by atomic mass is 9.96. The van der Waals surface area contributed by atoms with Gasteiger partial charge in [0, 0.05) is 0 Å². The Labute approximate surface area is 131 Å². The molecule has 0 aliphatic heterocycles. The van der Waals surface area contributed by atoms with E-state index in [9.17, 15) is 4.39 Å². The zero-order valence-electron chi connectivity index (χ0n) is 12.5. The van der Waals surface area contributed by atoms with Gasteiger partial charge in [0.05, 0.1) is 11.1 Å². The minimum atomic E-state index is -0.373. The van der Waals surface area contributed by atoms with Gasteiger partial charge < -0.3 is 5.32 Å². The summed E-state index contributed by atoms with van der Waals surface area (Å²) in [7, 11) is 0. The van der Waals surface area contributed by atoms with Crippen molar-refractivity contribution in [3.63, 3.8) is 0 Å². The minimum absolute atomic E-state index is 0.0880. The highest BCUT2D eigenvalue weighted by molar-refractivity contribution is 6.31. The van der Waals surface area contributed by atoms with E-state index in [0.29, 0.717) is 0 Å². The molecule has 0 aliphatic rings. The molecule has 112 valence electrons. The molecular formula is C18H21ClFN. The lowest BCUT2D eigenvalue weighted by Crippen LogP contribution is -2.22. The average Bonchev–Trinajstić information content (AvgIpc) is 2.49. The van der Waals surface area contributed by atoms with Gasteiger partial charge >= 0.3 is 0 Å². The van der Waals surface area contributed by atoms with Crippen LogP contribution in [0.25, 0.3) is 0 Å². The van der Waals surface area contributed by atoms with Gasteiger partial charge in [-0.15, -0.1) is 0 Å². The number of hydrogen-bond acceptors (Lipinski definition) is 1. The van der Waals surface area contributed by atoms with E-state index in [4.69, 9.17) is 11.6 Å². The van der Waals surface area contributed by atoms with Crippen molar-refractivity contribution in [1.29, 1.82) is 0 Å². The van der Waals surface area contributed by atoms with Gasteiger partial charge in [0.2, 0.25) is 0 Å². The molecular weight excluding hydrogens is 285 g/mol. The number of halogens is 2. The van der Waals surface area contributed by atoms with E-state index >= 15 is 0 Å². The fourth-order valence-corrected chi connectivity index (χ4v) is 2.81. The largest absolute Gasteiger partial charge is 0.306 e. The van der Waals surface area contributed by atoms with Crippen LogP contribution in [0.5, 0.6) is 0 Å². The monoisotopic (exact) mass is 305 g/mol. The zero-order chi connectivity index (χ0) is 15.2.